The van der Waals surface area contributed by atoms with Crippen LogP contribution in [0.4, 0.5) is 0 Å². The predicted molar refractivity (Wildman–Crippen MR) is 90.3 cm³/mol. The van der Waals surface area contributed by atoms with Crippen molar-refractivity contribution in [3.8, 4) is 5.75 Å². The molecule has 0 unspecified atom stereocenters. The van der Waals surface area contributed by atoms with Crippen LogP contribution >= 0.6 is 0 Å². The highest BCUT2D eigenvalue weighted by Crippen LogP contribution is 2.24. The molecular weight excluding hydrogens is 308 g/mol. The van der Waals surface area contributed by atoms with Gasteiger partial charge in [0.25, 0.3) is 0 Å². The van der Waals surface area contributed by atoms with E-state index in [9.17, 15) is 9.59 Å². The number of aryl methyl sites for hydroxylation is 1. The summed E-state index contributed by atoms with van der Waals surface area (Å²) in [5.41, 5.74) is 0.893. The Balaban J connectivity index is 1.69. The minimum atomic E-state index is -0.707. The Bertz CT molecular complexity index is 786. The van der Waals surface area contributed by atoms with E-state index in [-0.39, 0.29) is 12.1 Å². The zero-order valence-electron chi connectivity index (χ0n) is 14.0. The molecule has 0 spiro atoms. The van der Waals surface area contributed by atoms with Crippen molar-refractivity contribution in [2.45, 2.75) is 58.2 Å². The molecule has 5 nitrogen and oxygen atoms in total. The summed E-state index contributed by atoms with van der Waals surface area (Å²) < 4.78 is 16.4. The lowest BCUT2D eigenvalue weighted by Gasteiger charge is -2.23. The van der Waals surface area contributed by atoms with Gasteiger partial charge in [-0.25, -0.2) is 9.59 Å². The zero-order valence-corrected chi connectivity index (χ0v) is 14.0. The zero-order chi connectivity index (χ0) is 17.1. The molecule has 24 heavy (non-hydrogen) atoms. The molecule has 1 aromatic carbocycles. The van der Waals surface area contributed by atoms with Gasteiger partial charge < -0.3 is 13.9 Å². The first-order valence-corrected chi connectivity index (χ1v) is 8.44. The molecule has 1 heterocycles. The van der Waals surface area contributed by atoms with Crippen molar-refractivity contribution in [2.24, 2.45) is 0 Å². The second-order valence-electron chi connectivity index (χ2n) is 6.36. The first-order chi connectivity index (χ1) is 11.5. The molecule has 0 bridgehead atoms. The molecule has 1 aromatic heterocycles. The Kier molecular flexibility index (Phi) is 4.88. The molecule has 1 aliphatic carbocycles. The summed E-state index contributed by atoms with van der Waals surface area (Å²) in [5.74, 6) is 0.122. The number of carbonyl (C=O) groups excluding carboxylic acids is 1. The topological polar surface area (TPSA) is 65.7 Å². The van der Waals surface area contributed by atoms with Gasteiger partial charge in [0.15, 0.2) is 6.10 Å². The van der Waals surface area contributed by atoms with Crippen molar-refractivity contribution in [1.82, 2.24) is 0 Å². The van der Waals surface area contributed by atoms with Crippen molar-refractivity contribution in [3.05, 3.63) is 40.2 Å². The van der Waals surface area contributed by atoms with Crippen LogP contribution in [0.3, 0.4) is 0 Å². The number of benzene rings is 1. The Labute approximate surface area is 140 Å². The molecule has 1 aliphatic rings. The normalized spacial score (nSPS) is 16.8. The fraction of sp³-hybridized carbons (Fsp3) is 0.474. The van der Waals surface area contributed by atoms with Crippen LogP contribution < -0.4 is 10.4 Å². The SMILES string of the molecule is Cc1cc(=O)oc2cc(O[C@H](C)C(=O)OC3CCCCC3)ccc12. The van der Waals surface area contributed by atoms with Gasteiger partial charge in [0.05, 0.1) is 0 Å². The summed E-state index contributed by atoms with van der Waals surface area (Å²) in [4.78, 5) is 23.7. The first-order valence-electron chi connectivity index (χ1n) is 8.44. The standard InChI is InChI=1S/C19H22O5/c1-12-10-18(20)24-17-11-15(8-9-16(12)17)22-13(2)19(21)23-14-6-4-3-5-7-14/h8-11,13-14H,3-7H2,1-2H3/t13-/m1/s1. The highest BCUT2D eigenvalue weighted by molar-refractivity contribution is 5.81. The molecule has 0 aliphatic heterocycles. The summed E-state index contributed by atoms with van der Waals surface area (Å²) >= 11 is 0. The van der Waals surface area contributed by atoms with E-state index in [0.29, 0.717) is 11.3 Å². The summed E-state index contributed by atoms with van der Waals surface area (Å²) in [7, 11) is 0. The van der Waals surface area contributed by atoms with Gasteiger partial charge in [-0.15, -0.1) is 0 Å². The molecule has 0 saturated heterocycles. The fourth-order valence-corrected chi connectivity index (χ4v) is 3.07. The molecule has 0 radical (unpaired) electrons. The lowest BCUT2D eigenvalue weighted by molar-refractivity contribution is -0.158. The van der Waals surface area contributed by atoms with E-state index < -0.39 is 11.7 Å². The van der Waals surface area contributed by atoms with E-state index in [1.54, 1.807) is 19.1 Å². The lowest BCUT2D eigenvalue weighted by atomic mass is 9.98. The predicted octanol–water partition coefficient (Wildman–Crippen LogP) is 3.74. The number of hydrogen-bond acceptors (Lipinski definition) is 5. The average Bonchev–Trinajstić information content (AvgIpc) is 2.55. The number of fused-ring (bicyclic) bond motifs is 1. The van der Waals surface area contributed by atoms with Crippen molar-refractivity contribution in [2.75, 3.05) is 0 Å². The molecule has 3 rings (SSSR count). The maximum Gasteiger partial charge on any atom is 0.347 e. The minimum Gasteiger partial charge on any atom is -0.479 e. The molecule has 0 N–H and O–H groups in total. The monoisotopic (exact) mass is 330 g/mol. The molecule has 1 saturated carbocycles. The molecule has 1 atom stereocenters. The second kappa shape index (κ2) is 7.07. The van der Waals surface area contributed by atoms with Crippen LogP contribution in [0.15, 0.2) is 33.5 Å². The highest BCUT2D eigenvalue weighted by atomic mass is 16.6. The summed E-state index contributed by atoms with van der Waals surface area (Å²) in [6, 6.07) is 6.67. The van der Waals surface area contributed by atoms with E-state index in [0.717, 1.165) is 36.6 Å². The number of rotatable bonds is 4. The van der Waals surface area contributed by atoms with Gasteiger partial charge >= 0.3 is 11.6 Å². The quantitative estimate of drug-likeness (QED) is 0.631. The third-order valence-corrected chi connectivity index (χ3v) is 4.40. The first kappa shape index (κ1) is 16.6. The third-order valence-electron chi connectivity index (χ3n) is 4.40. The van der Waals surface area contributed by atoms with Gasteiger partial charge in [-0.05, 0) is 57.2 Å². The van der Waals surface area contributed by atoms with Crippen molar-refractivity contribution in [1.29, 1.82) is 0 Å². The number of carbonyl (C=O) groups is 1. The van der Waals surface area contributed by atoms with Crippen molar-refractivity contribution < 1.29 is 18.7 Å². The average molecular weight is 330 g/mol. The number of ether oxygens (including phenoxy) is 2. The van der Waals surface area contributed by atoms with Gasteiger partial charge in [-0.1, -0.05) is 6.42 Å². The maximum atomic E-state index is 12.2. The third kappa shape index (κ3) is 3.78. The number of hydrogen-bond donors (Lipinski definition) is 0. The number of esters is 1. The van der Waals surface area contributed by atoms with Crippen molar-refractivity contribution in [3.63, 3.8) is 0 Å². The van der Waals surface area contributed by atoms with Gasteiger partial charge in [0.2, 0.25) is 0 Å². The van der Waals surface area contributed by atoms with E-state index in [1.807, 2.05) is 13.0 Å². The Morgan fingerprint density at radius 2 is 1.96 bits per heavy atom. The lowest BCUT2D eigenvalue weighted by Crippen LogP contribution is -2.31. The molecule has 5 heteroatoms. The summed E-state index contributed by atoms with van der Waals surface area (Å²) in [6.45, 7) is 3.52. The molecule has 2 aromatic rings. The van der Waals surface area contributed by atoms with Crippen LogP contribution in [-0.2, 0) is 9.53 Å². The molecule has 0 amide bonds. The van der Waals surface area contributed by atoms with Crippen LogP contribution in [0.1, 0.15) is 44.6 Å². The van der Waals surface area contributed by atoms with E-state index in [4.69, 9.17) is 13.9 Å². The van der Waals surface area contributed by atoms with Crippen LogP contribution in [0.2, 0.25) is 0 Å². The van der Waals surface area contributed by atoms with E-state index in [2.05, 4.69) is 0 Å². The van der Waals surface area contributed by atoms with E-state index >= 15 is 0 Å². The Morgan fingerprint density at radius 1 is 1.21 bits per heavy atom. The summed E-state index contributed by atoms with van der Waals surface area (Å²) in [6.07, 6.45) is 4.59. The van der Waals surface area contributed by atoms with Gasteiger partial charge in [-0.2, -0.15) is 0 Å². The van der Waals surface area contributed by atoms with Gasteiger partial charge in [0, 0.05) is 17.5 Å². The maximum absolute atomic E-state index is 12.2. The Morgan fingerprint density at radius 3 is 2.71 bits per heavy atom. The largest absolute Gasteiger partial charge is 0.479 e. The highest BCUT2D eigenvalue weighted by Gasteiger charge is 2.23. The van der Waals surface area contributed by atoms with Crippen LogP contribution in [-0.4, -0.2) is 18.2 Å². The molecule has 1 fully saturated rings. The molecule has 128 valence electrons. The van der Waals surface area contributed by atoms with Crippen LogP contribution in [0, 0.1) is 6.92 Å². The smallest absolute Gasteiger partial charge is 0.347 e. The van der Waals surface area contributed by atoms with Crippen molar-refractivity contribution >= 4 is 16.9 Å². The minimum absolute atomic E-state index is 0.00887. The summed E-state index contributed by atoms with van der Waals surface area (Å²) in [5, 5.41) is 0.847. The van der Waals surface area contributed by atoms with E-state index in [1.165, 1.54) is 12.5 Å². The fourth-order valence-electron chi connectivity index (χ4n) is 3.07. The molecular formula is C19H22O5. The van der Waals surface area contributed by atoms with Crippen LogP contribution in [0.25, 0.3) is 11.0 Å². The van der Waals surface area contributed by atoms with Gasteiger partial charge in [0.1, 0.15) is 17.4 Å². The van der Waals surface area contributed by atoms with Crippen LogP contribution in [0.5, 0.6) is 5.75 Å². The van der Waals surface area contributed by atoms with Gasteiger partial charge in [-0.3, -0.25) is 0 Å². The Hall–Kier alpha value is -2.30. The second-order valence-corrected chi connectivity index (χ2v) is 6.36.